The second-order valence-corrected chi connectivity index (χ2v) is 6.46. The molecule has 1 N–H and O–H groups in total. The molecule has 0 radical (unpaired) electrons. The Kier molecular flexibility index (Phi) is 6.07. The molecule has 0 aliphatic carbocycles. The van der Waals surface area contributed by atoms with Crippen LogP contribution in [-0.4, -0.2) is 6.54 Å². The summed E-state index contributed by atoms with van der Waals surface area (Å²) in [6, 6.07) is 13.5. The highest BCUT2D eigenvalue weighted by Gasteiger charge is 2.01. The first-order valence-electron chi connectivity index (χ1n) is 6.55. The average molecular weight is 354 g/mol. The summed E-state index contributed by atoms with van der Waals surface area (Å²) in [5.41, 5.74) is 2.27. The molecular weight excluding hydrogens is 337 g/mol. The Bertz CT molecular complexity index is 537. The fraction of sp³-hybridized carbons (Fsp3) is 0.250. The lowest BCUT2D eigenvalue weighted by Crippen LogP contribution is -2.11. The summed E-state index contributed by atoms with van der Waals surface area (Å²) in [6.45, 7) is 3.98. The van der Waals surface area contributed by atoms with E-state index >= 15 is 0 Å². The topological polar surface area (TPSA) is 12.0 Å². The highest BCUT2D eigenvalue weighted by atomic mass is 79.9. The van der Waals surface area contributed by atoms with Gasteiger partial charge < -0.3 is 5.32 Å². The summed E-state index contributed by atoms with van der Waals surface area (Å²) in [4.78, 5) is 1.20. The molecule has 0 spiro atoms. The molecule has 4 heteroatoms. The highest BCUT2D eigenvalue weighted by molar-refractivity contribution is 9.10. The number of benzene rings is 2. The fourth-order valence-corrected chi connectivity index (χ4v) is 3.18. The van der Waals surface area contributed by atoms with Gasteiger partial charge in [-0.25, -0.2) is 4.39 Å². The summed E-state index contributed by atoms with van der Waals surface area (Å²) >= 11 is 5.03. The smallest absolute Gasteiger partial charge is 0.124 e. The molecular formula is C16H17BrFNS. The Morgan fingerprint density at radius 1 is 1.10 bits per heavy atom. The number of nitrogens with one attached hydrogen (secondary N) is 1. The monoisotopic (exact) mass is 353 g/mol. The first-order valence-corrected chi connectivity index (χ1v) is 8.32. The van der Waals surface area contributed by atoms with Crippen LogP contribution in [-0.2, 0) is 12.3 Å². The van der Waals surface area contributed by atoms with Gasteiger partial charge in [0.15, 0.2) is 0 Å². The summed E-state index contributed by atoms with van der Waals surface area (Å²) in [7, 11) is 0. The third kappa shape index (κ3) is 4.93. The van der Waals surface area contributed by atoms with Gasteiger partial charge in [-0.3, -0.25) is 0 Å². The van der Waals surface area contributed by atoms with Crippen LogP contribution in [0.1, 0.15) is 18.1 Å². The zero-order chi connectivity index (χ0) is 14.4. The van der Waals surface area contributed by atoms with Gasteiger partial charge in [-0.15, -0.1) is 11.8 Å². The second-order valence-electron chi connectivity index (χ2n) is 4.49. The molecule has 0 saturated carbocycles. The van der Waals surface area contributed by atoms with Crippen LogP contribution < -0.4 is 5.32 Å². The van der Waals surface area contributed by atoms with Crippen molar-refractivity contribution in [3.63, 3.8) is 0 Å². The molecule has 2 rings (SSSR count). The molecule has 0 saturated heterocycles. The minimum absolute atomic E-state index is 0.198. The van der Waals surface area contributed by atoms with Crippen LogP contribution >= 0.6 is 27.7 Å². The molecule has 0 aromatic heterocycles. The highest BCUT2D eigenvalue weighted by Crippen LogP contribution is 2.25. The summed E-state index contributed by atoms with van der Waals surface area (Å²) < 4.78 is 14.1. The van der Waals surface area contributed by atoms with Gasteiger partial charge in [0.25, 0.3) is 0 Å². The van der Waals surface area contributed by atoms with Crippen molar-refractivity contribution < 1.29 is 4.39 Å². The van der Waals surface area contributed by atoms with E-state index in [1.807, 2.05) is 6.07 Å². The van der Waals surface area contributed by atoms with Crippen molar-refractivity contribution in [2.45, 2.75) is 24.1 Å². The van der Waals surface area contributed by atoms with Crippen LogP contribution in [0.15, 0.2) is 51.8 Å². The maximum atomic E-state index is 13.3. The Balaban J connectivity index is 1.93. The molecule has 0 bridgehead atoms. The number of hydrogen-bond donors (Lipinski definition) is 1. The minimum Gasteiger partial charge on any atom is -0.313 e. The summed E-state index contributed by atoms with van der Waals surface area (Å²) in [5.74, 6) is 0.569. The van der Waals surface area contributed by atoms with Crippen LogP contribution in [0.4, 0.5) is 4.39 Å². The van der Waals surface area contributed by atoms with Gasteiger partial charge in [0.2, 0.25) is 0 Å². The van der Waals surface area contributed by atoms with Crippen LogP contribution in [0.2, 0.25) is 0 Å². The molecule has 20 heavy (non-hydrogen) atoms. The van der Waals surface area contributed by atoms with Gasteiger partial charge >= 0.3 is 0 Å². The van der Waals surface area contributed by atoms with Gasteiger partial charge in [0, 0.05) is 21.7 Å². The van der Waals surface area contributed by atoms with E-state index in [0.717, 1.165) is 28.9 Å². The van der Waals surface area contributed by atoms with E-state index in [1.54, 1.807) is 17.8 Å². The normalized spacial score (nSPS) is 10.8. The SMILES string of the molecule is CCNCc1ccc(SCc2cc(F)cc(Br)c2)cc1. The van der Waals surface area contributed by atoms with Crippen molar-refractivity contribution in [3.05, 3.63) is 63.9 Å². The van der Waals surface area contributed by atoms with Gasteiger partial charge in [0.1, 0.15) is 5.82 Å². The fourth-order valence-electron chi connectivity index (χ4n) is 1.83. The predicted octanol–water partition coefficient (Wildman–Crippen LogP) is 4.99. The maximum Gasteiger partial charge on any atom is 0.124 e. The van der Waals surface area contributed by atoms with E-state index < -0.39 is 0 Å². The van der Waals surface area contributed by atoms with Gasteiger partial charge in [-0.1, -0.05) is 35.0 Å². The number of hydrogen-bond acceptors (Lipinski definition) is 2. The van der Waals surface area contributed by atoms with Crippen molar-refractivity contribution in [1.82, 2.24) is 5.32 Å². The molecule has 0 atom stereocenters. The van der Waals surface area contributed by atoms with Crippen molar-refractivity contribution in [3.8, 4) is 0 Å². The van der Waals surface area contributed by atoms with E-state index in [4.69, 9.17) is 0 Å². The zero-order valence-corrected chi connectivity index (χ0v) is 13.7. The third-order valence-corrected chi connectivity index (χ3v) is 4.37. The van der Waals surface area contributed by atoms with Crippen molar-refractivity contribution in [2.75, 3.05) is 6.54 Å². The third-order valence-electron chi connectivity index (χ3n) is 2.83. The maximum absolute atomic E-state index is 13.3. The Morgan fingerprint density at radius 2 is 1.85 bits per heavy atom. The van der Waals surface area contributed by atoms with Crippen molar-refractivity contribution in [2.24, 2.45) is 0 Å². The predicted molar refractivity (Wildman–Crippen MR) is 87.5 cm³/mol. The van der Waals surface area contributed by atoms with E-state index in [0.29, 0.717) is 0 Å². The molecule has 0 aliphatic heterocycles. The molecule has 0 heterocycles. The van der Waals surface area contributed by atoms with Crippen LogP contribution in [0, 0.1) is 5.82 Å². The van der Waals surface area contributed by atoms with Crippen LogP contribution in [0.5, 0.6) is 0 Å². The van der Waals surface area contributed by atoms with E-state index in [1.165, 1.54) is 16.5 Å². The minimum atomic E-state index is -0.198. The van der Waals surface area contributed by atoms with Crippen molar-refractivity contribution in [1.29, 1.82) is 0 Å². The van der Waals surface area contributed by atoms with Crippen LogP contribution in [0.25, 0.3) is 0 Å². The molecule has 0 aliphatic rings. The Hall–Kier alpha value is -0.840. The van der Waals surface area contributed by atoms with Gasteiger partial charge in [0.05, 0.1) is 0 Å². The largest absolute Gasteiger partial charge is 0.313 e. The summed E-state index contributed by atoms with van der Waals surface area (Å²) in [5, 5.41) is 3.30. The zero-order valence-electron chi connectivity index (χ0n) is 11.3. The molecule has 0 fully saturated rings. The van der Waals surface area contributed by atoms with Gasteiger partial charge in [-0.2, -0.15) is 0 Å². The average Bonchev–Trinajstić information content (AvgIpc) is 2.43. The number of rotatable bonds is 6. The molecule has 2 aromatic carbocycles. The lowest BCUT2D eigenvalue weighted by atomic mass is 10.2. The van der Waals surface area contributed by atoms with Crippen LogP contribution in [0.3, 0.4) is 0 Å². The molecule has 1 nitrogen and oxygen atoms in total. The molecule has 0 amide bonds. The standard InChI is InChI=1S/C16H17BrFNS/c1-2-19-10-12-3-5-16(6-4-12)20-11-13-7-14(17)9-15(18)8-13/h3-9,19H,2,10-11H2,1H3. The van der Waals surface area contributed by atoms with E-state index in [2.05, 4.69) is 52.4 Å². The molecule has 2 aromatic rings. The quantitative estimate of drug-likeness (QED) is 0.734. The lowest BCUT2D eigenvalue weighted by Gasteiger charge is -2.06. The Morgan fingerprint density at radius 3 is 2.50 bits per heavy atom. The molecule has 0 unspecified atom stereocenters. The Labute approximate surface area is 132 Å². The first kappa shape index (κ1) is 15.5. The van der Waals surface area contributed by atoms with E-state index in [9.17, 15) is 4.39 Å². The number of halogens is 2. The molecule has 106 valence electrons. The van der Waals surface area contributed by atoms with Gasteiger partial charge in [-0.05, 0) is 48.0 Å². The van der Waals surface area contributed by atoms with E-state index in [-0.39, 0.29) is 5.82 Å². The summed E-state index contributed by atoms with van der Waals surface area (Å²) in [6.07, 6.45) is 0. The van der Waals surface area contributed by atoms with Crippen molar-refractivity contribution >= 4 is 27.7 Å². The number of thioether (sulfide) groups is 1. The first-order chi connectivity index (χ1) is 9.67. The lowest BCUT2D eigenvalue weighted by molar-refractivity contribution is 0.625. The second kappa shape index (κ2) is 7.81.